The second-order valence-electron chi connectivity index (χ2n) is 3.61. The third-order valence-corrected chi connectivity index (χ3v) is 2.90. The quantitative estimate of drug-likeness (QED) is 0.603. The summed E-state index contributed by atoms with van der Waals surface area (Å²) in [6.45, 7) is 1.99. The zero-order chi connectivity index (χ0) is 11.3. The third-order valence-electron chi connectivity index (χ3n) is 2.50. The van der Waals surface area contributed by atoms with Crippen LogP contribution in [0.4, 0.5) is 0 Å². The molecule has 4 nitrogen and oxygen atoms in total. The fourth-order valence-electron chi connectivity index (χ4n) is 1.83. The van der Waals surface area contributed by atoms with Crippen molar-refractivity contribution < 1.29 is 0 Å². The molecule has 2 N–H and O–H groups in total. The van der Waals surface area contributed by atoms with Gasteiger partial charge < -0.3 is 4.98 Å². The molecule has 0 spiro atoms. The standard InChI is InChI=1S/C10H7ClN4S/c1-4-2-5(11)3-6-7(4)12-9-8(6)14-15-10(16)13-9/h2-3H,1H3,(H2,12,13,15,16). The minimum absolute atomic E-state index is 0.364. The minimum Gasteiger partial charge on any atom is -0.337 e. The molecule has 3 aromatic rings. The van der Waals surface area contributed by atoms with E-state index >= 15 is 0 Å². The number of nitrogens with zero attached hydrogens (tertiary/aromatic N) is 2. The fraction of sp³-hybridized carbons (Fsp3) is 0.100. The van der Waals surface area contributed by atoms with Gasteiger partial charge in [0.25, 0.3) is 0 Å². The Morgan fingerprint density at radius 3 is 3.00 bits per heavy atom. The molecule has 0 aliphatic carbocycles. The molecule has 0 aliphatic heterocycles. The number of nitrogens with one attached hydrogen (secondary N) is 2. The van der Waals surface area contributed by atoms with Gasteiger partial charge in [0.2, 0.25) is 4.77 Å². The van der Waals surface area contributed by atoms with E-state index in [4.69, 9.17) is 23.8 Å². The number of H-pyrrole nitrogens is 2. The normalized spacial score (nSPS) is 11.4. The van der Waals surface area contributed by atoms with Crippen molar-refractivity contribution in [3.63, 3.8) is 0 Å². The highest BCUT2D eigenvalue weighted by Gasteiger charge is 2.09. The second-order valence-corrected chi connectivity index (χ2v) is 4.43. The molecular weight excluding hydrogens is 244 g/mol. The van der Waals surface area contributed by atoms with Gasteiger partial charge >= 0.3 is 0 Å². The largest absolute Gasteiger partial charge is 0.337 e. The Hall–Kier alpha value is -1.46. The van der Waals surface area contributed by atoms with Crippen molar-refractivity contribution >= 4 is 45.9 Å². The van der Waals surface area contributed by atoms with Gasteiger partial charge in [-0.2, -0.15) is 10.1 Å². The molecule has 0 atom stereocenters. The lowest BCUT2D eigenvalue weighted by atomic mass is 10.1. The molecule has 0 saturated carbocycles. The predicted molar refractivity (Wildman–Crippen MR) is 66.3 cm³/mol. The summed E-state index contributed by atoms with van der Waals surface area (Å²) in [6, 6.07) is 3.77. The smallest absolute Gasteiger partial charge is 0.215 e. The molecule has 80 valence electrons. The first-order valence-electron chi connectivity index (χ1n) is 4.69. The first-order valence-corrected chi connectivity index (χ1v) is 5.48. The van der Waals surface area contributed by atoms with Crippen LogP contribution in [0.5, 0.6) is 0 Å². The van der Waals surface area contributed by atoms with Gasteiger partial charge in [0.1, 0.15) is 5.52 Å². The lowest BCUT2D eigenvalue weighted by Crippen LogP contribution is -1.86. The lowest BCUT2D eigenvalue weighted by Gasteiger charge is -1.96. The maximum atomic E-state index is 6.02. The maximum Gasteiger partial charge on any atom is 0.215 e. The Balaban J connectivity index is 2.60. The van der Waals surface area contributed by atoms with Crippen LogP contribution in [0.25, 0.3) is 22.1 Å². The van der Waals surface area contributed by atoms with Crippen LogP contribution in [0.1, 0.15) is 5.56 Å². The van der Waals surface area contributed by atoms with Crippen molar-refractivity contribution in [2.75, 3.05) is 0 Å². The Kier molecular flexibility index (Phi) is 1.99. The average Bonchev–Trinajstić information content (AvgIpc) is 2.56. The Labute approximate surface area is 101 Å². The highest BCUT2D eigenvalue weighted by molar-refractivity contribution is 7.71. The SMILES string of the molecule is Cc1cc(Cl)cc2c1[nH]c1nc(=S)[nH]nc12. The molecule has 0 radical (unpaired) electrons. The predicted octanol–water partition coefficient (Wildman–Crippen LogP) is 3.13. The minimum atomic E-state index is 0.364. The van der Waals surface area contributed by atoms with E-state index in [1.165, 1.54) is 0 Å². The number of halogens is 1. The molecule has 2 heterocycles. The first-order chi connectivity index (χ1) is 7.65. The molecule has 0 aliphatic rings. The molecule has 0 amide bonds. The molecule has 6 heteroatoms. The van der Waals surface area contributed by atoms with Crippen LogP contribution in [0.3, 0.4) is 0 Å². The number of aromatic amines is 2. The van der Waals surface area contributed by atoms with Crippen molar-refractivity contribution in [3.05, 3.63) is 27.5 Å². The zero-order valence-electron chi connectivity index (χ0n) is 8.34. The van der Waals surface area contributed by atoms with E-state index in [9.17, 15) is 0 Å². The summed E-state index contributed by atoms with van der Waals surface area (Å²) in [4.78, 5) is 7.38. The van der Waals surface area contributed by atoms with Gasteiger partial charge in [-0.15, -0.1) is 0 Å². The molecule has 0 unspecified atom stereocenters. The van der Waals surface area contributed by atoms with E-state index in [1.54, 1.807) is 0 Å². The van der Waals surface area contributed by atoms with E-state index in [0.29, 0.717) is 15.4 Å². The number of hydrogen-bond donors (Lipinski definition) is 2. The van der Waals surface area contributed by atoms with Gasteiger partial charge in [-0.25, -0.2) is 0 Å². The average molecular weight is 251 g/mol. The van der Waals surface area contributed by atoms with E-state index in [-0.39, 0.29) is 0 Å². The van der Waals surface area contributed by atoms with Crippen LogP contribution in [0.2, 0.25) is 5.02 Å². The van der Waals surface area contributed by atoms with Gasteiger partial charge in [-0.3, -0.25) is 5.10 Å². The summed E-state index contributed by atoms with van der Waals surface area (Å²) in [6.07, 6.45) is 0. The van der Waals surface area contributed by atoms with Crippen LogP contribution in [-0.4, -0.2) is 20.2 Å². The summed E-state index contributed by atoms with van der Waals surface area (Å²) in [7, 11) is 0. The Morgan fingerprint density at radius 2 is 2.19 bits per heavy atom. The van der Waals surface area contributed by atoms with E-state index in [2.05, 4.69) is 20.2 Å². The highest BCUT2D eigenvalue weighted by atomic mass is 35.5. The summed E-state index contributed by atoms with van der Waals surface area (Å²) in [5, 5.41) is 8.50. The third kappa shape index (κ3) is 1.32. The molecule has 0 saturated heterocycles. The highest BCUT2D eigenvalue weighted by Crippen LogP contribution is 2.27. The molecule has 0 fully saturated rings. The van der Waals surface area contributed by atoms with E-state index < -0.39 is 0 Å². The van der Waals surface area contributed by atoms with Crippen LogP contribution < -0.4 is 0 Å². The summed E-state index contributed by atoms with van der Waals surface area (Å²) < 4.78 is 0.364. The van der Waals surface area contributed by atoms with Gasteiger partial charge in [0.05, 0.1) is 5.52 Å². The van der Waals surface area contributed by atoms with Gasteiger partial charge in [0.15, 0.2) is 5.65 Å². The topological polar surface area (TPSA) is 57.4 Å². The maximum absolute atomic E-state index is 6.02. The summed E-state index contributed by atoms with van der Waals surface area (Å²) in [5.41, 5.74) is 3.50. The number of fused-ring (bicyclic) bond motifs is 3. The molecule has 1 aromatic carbocycles. The molecule has 2 aromatic heterocycles. The van der Waals surface area contributed by atoms with Crippen molar-refractivity contribution in [1.29, 1.82) is 0 Å². The molecule has 16 heavy (non-hydrogen) atoms. The number of benzene rings is 1. The number of hydrogen-bond acceptors (Lipinski definition) is 3. The van der Waals surface area contributed by atoms with Crippen molar-refractivity contribution in [3.8, 4) is 0 Å². The Morgan fingerprint density at radius 1 is 1.38 bits per heavy atom. The van der Waals surface area contributed by atoms with Crippen LogP contribution >= 0.6 is 23.8 Å². The molecular formula is C10H7ClN4S. The van der Waals surface area contributed by atoms with Gasteiger partial charge in [-0.05, 0) is 36.8 Å². The van der Waals surface area contributed by atoms with Crippen LogP contribution in [-0.2, 0) is 0 Å². The first kappa shape index (κ1) is 9.74. The summed E-state index contributed by atoms with van der Waals surface area (Å²) >= 11 is 10.9. The van der Waals surface area contributed by atoms with Crippen molar-refractivity contribution in [2.24, 2.45) is 0 Å². The second kappa shape index (κ2) is 3.26. The lowest BCUT2D eigenvalue weighted by molar-refractivity contribution is 0.999. The van der Waals surface area contributed by atoms with E-state index in [0.717, 1.165) is 22.0 Å². The molecule has 0 bridgehead atoms. The van der Waals surface area contributed by atoms with Crippen LogP contribution in [0, 0.1) is 11.7 Å². The monoisotopic (exact) mass is 250 g/mol. The molecule has 3 rings (SSSR count). The number of rotatable bonds is 0. The van der Waals surface area contributed by atoms with Crippen molar-refractivity contribution in [2.45, 2.75) is 6.92 Å². The van der Waals surface area contributed by atoms with Gasteiger partial charge in [-0.1, -0.05) is 11.6 Å². The summed E-state index contributed by atoms with van der Waals surface area (Å²) in [5.74, 6) is 0. The number of aryl methyl sites for hydroxylation is 1. The Bertz CT molecular complexity index is 758. The number of aromatic nitrogens is 4. The van der Waals surface area contributed by atoms with Crippen LogP contribution in [0.15, 0.2) is 12.1 Å². The van der Waals surface area contributed by atoms with E-state index in [1.807, 2.05) is 19.1 Å². The fourth-order valence-corrected chi connectivity index (χ4v) is 2.24. The van der Waals surface area contributed by atoms with Crippen molar-refractivity contribution in [1.82, 2.24) is 20.2 Å². The zero-order valence-corrected chi connectivity index (χ0v) is 9.91. The van der Waals surface area contributed by atoms with Gasteiger partial charge in [0, 0.05) is 10.4 Å².